The first-order valence-corrected chi connectivity index (χ1v) is 9.45. The third kappa shape index (κ3) is 3.74. The summed E-state index contributed by atoms with van der Waals surface area (Å²) in [6.07, 6.45) is 5.43. The van der Waals surface area contributed by atoms with Gasteiger partial charge in [-0.2, -0.15) is 0 Å². The van der Waals surface area contributed by atoms with Crippen LogP contribution in [0.1, 0.15) is 48.2 Å². The summed E-state index contributed by atoms with van der Waals surface area (Å²) < 4.78 is 0. The predicted molar refractivity (Wildman–Crippen MR) is 90.4 cm³/mol. The van der Waals surface area contributed by atoms with Crippen molar-refractivity contribution in [3.05, 3.63) is 15.6 Å². The van der Waals surface area contributed by atoms with Gasteiger partial charge in [0.05, 0.1) is 10.7 Å². The molecular formula is C17H25N3O2S. The molecule has 1 aromatic heterocycles. The van der Waals surface area contributed by atoms with E-state index in [1.807, 2.05) is 0 Å². The number of nitrogens with zero attached hydrogens (tertiary/aromatic N) is 2. The molecule has 1 aromatic rings. The lowest BCUT2D eigenvalue weighted by atomic mass is 10.2. The average molecular weight is 335 g/mol. The van der Waals surface area contributed by atoms with Crippen molar-refractivity contribution in [2.24, 2.45) is 5.92 Å². The van der Waals surface area contributed by atoms with Crippen LogP contribution in [0.2, 0.25) is 0 Å². The molecule has 2 aliphatic rings. The zero-order valence-corrected chi connectivity index (χ0v) is 14.7. The molecule has 1 saturated carbocycles. The van der Waals surface area contributed by atoms with Crippen LogP contribution < -0.4 is 5.32 Å². The number of carbonyl (C=O) groups excluding carboxylic acids is 2. The average Bonchev–Trinajstić information content (AvgIpc) is 3.15. The van der Waals surface area contributed by atoms with Crippen molar-refractivity contribution >= 4 is 23.2 Å². The van der Waals surface area contributed by atoms with Gasteiger partial charge in [-0.05, 0) is 39.0 Å². The maximum absolute atomic E-state index is 12.4. The Hall–Kier alpha value is -1.43. The predicted octanol–water partition coefficient (Wildman–Crippen LogP) is 2.07. The van der Waals surface area contributed by atoms with E-state index in [2.05, 4.69) is 24.1 Å². The Kier molecular flexibility index (Phi) is 4.99. The zero-order chi connectivity index (χ0) is 16.4. The number of hydrogen-bond acceptors (Lipinski definition) is 4. The van der Waals surface area contributed by atoms with Gasteiger partial charge >= 0.3 is 0 Å². The highest BCUT2D eigenvalue weighted by Crippen LogP contribution is 2.33. The van der Waals surface area contributed by atoms with Crippen LogP contribution >= 0.6 is 11.3 Å². The first kappa shape index (κ1) is 16.4. The monoisotopic (exact) mass is 335 g/mol. The van der Waals surface area contributed by atoms with Crippen molar-refractivity contribution in [1.29, 1.82) is 0 Å². The Morgan fingerprint density at radius 3 is 2.78 bits per heavy atom. The first-order valence-electron chi connectivity index (χ1n) is 8.63. The molecule has 0 aromatic carbocycles. The summed E-state index contributed by atoms with van der Waals surface area (Å²) in [5, 5.41) is 4.08. The standard InChI is InChI=1S/C17H25N3O2S/c1-3-13-11(2)23-15(19-13)8-9-18-16(21)14-5-4-10-20(14)17(22)12-6-7-12/h12,14H,3-10H2,1-2H3,(H,18,21). The Balaban J connectivity index is 1.49. The number of thiazole rings is 1. The number of aromatic nitrogens is 1. The quantitative estimate of drug-likeness (QED) is 0.866. The molecule has 3 rings (SSSR count). The molecule has 2 fully saturated rings. The Labute approximate surface area is 141 Å². The number of likely N-dealkylation sites (tertiary alicyclic amines) is 1. The molecule has 23 heavy (non-hydrogen) atoms. The van der Waals surface area contributed by atoms with Gasteiger partial charge in [-0.1, -0.05) is 6.92 Å². The minimum atomic E-state index is -0.257. The fourth-order valence-electron chi connectivity index (χ4n) is 3.20. The van der Waals surface area contributed by atoms with E-state index in [9.17, 15) is 9.59 Å². The summed E-state index contributed by atoms with van der Waals surface area (Å²) in [7, 11) is 0. The van der Waals surface area contributed by atoms with Crippen LogP contribution in [-0.2, 0) is 22.4 Å². The normalized spacial score (nSPS) is 20.8. The molecule has 1 unspecified atom stereocenters. The lowest BCUT2D eigenvalue weighted by molar-refractivity contribution is -0.139. The van der Waals surface area contributed by atoms with Crippen molar-refractivity contribution in [1.82, 2.24) is 15.2 Å². The van der Waals surface area contributed by atoms with E-state index in [1.54, 1.807) is 16.2 Å². The van der Waals surface area contributed by atoms with Crippen molar-refractivity contribution in [2.75, 3.05) is 13.1 Å². The van der Waals surface area contributed by atoms with E-state index >= 15 is 0 Å². The molecule has 2 heterocycles. The lowest BCUT2D eigenvalue weighted by Gasteiger charge is -2.23. The number of aryl methyl sites for hydroxylation is 2. The van der Waals surface area contributed by atoms with Crippen LogP contribution in [0.15, 0.2) is 0 Å². The number of nitrogens with one attached hydrogen (secondary N) is 1. The summed E-state index contributed by atoms with van der Waals surface area (Å²) in [6.45, 7) is 5.54. The van der Waals surface area contributed by atoms with Gasteiger partial charge in [0.25, 0.3) is 0 Å². The maximum atomic E-state index is 12.4. The summed E-state index contributed by atoms with van der Waals surface area (Å²) in [6, 6.07) is -0.257. The van der Waals surface area contributed by atoms with E-state index in [0.717, 1.165) is 55.8 Å². The van der Waals surface area contributed by atoms with Crippen LogP contribution in [0.5, 0.6) is 0 Å². The number of hydrogen-bond donors (Lipinski definition) is 1. The topological polar surface area (TPSA) is 62.3 Å². The van der Waals surface area contributed by atoms with Gasteiger partial charge in [0, 0.05) is 30.3 Å². The number of rotatable bonds is 6. The van der Waals surface area contributed by atoms with Gasteiger partial charge in [0.15, 0.2) is 0 Å². The molecular weight excluding hydrogens is 310 g/mol. The van der Waals surface area contributed by atoms with E-state index in [-0.39, 0.29) is 23.8 Å². The van der Waals surface area contributed by atoms with Crippen molar-refractivity contribution < 1.29 is 9.59 Å². The van der Waals surface area contributed by atoms with Crippen LogP contribution in [0.4, 0.5) is 0 Å². The molecule has 0 spiro atoms. The van der Waals surface area contributed by atoms with Crippen LogP contribution in [0.25, 0.3) is 0 Å². The third-order valence-electron chi connectivity index (χ3n) is 4.68. The van der Waals surface area contributed by atoms with E-state index in [4.69, 9.17) is 0 Å². The molecule has 5 nitrogen and oxygen atoms in total. The number of amides is 2. The second-order valence-corrected chi connectivity index (χ2v) is 7.76. The molecule has 1 N–H and O–H groups in total. The summed E-state index contributed by atoms with van der Waals surface area (Å²) in [5.41, 5.74) is 1.16. The fourth-order valence-corrected chi connectivity index (χ4v) is 4.22. The molecule has 6 heteroatoms. The molecule has 1 aliphatic carbocycles. The Morgan fingerprint density at radius 2 is 2.13 bits per heavy atom. The first-order chi connectivity index (χ1) is 11.1. The van der Waals surface area contributed by atoms with Gasteiger partial charge < -0.3 is 10.2 Å². The van der Waals surface area contributed by atoms with Gasteiger partial charge in [0.2, 0.25) is 11.8 Å². The van der Waals surface area contributed by atoms with Crippen molar-refractivity contribution in [3.8, 4) is 0 Å². The lowest BCUT2D eigenvalue weighted by Crippen LogP contribution is -2.46. The molecule has 1 aliphatic heterocycles. The third-order valence-corrected chi connectivity index (χ3v) is 5.75. The minimum absolute atomic E-state index is 0.000457. The molecule has 2 amide bonds. The maximum Gasteiger partial charge on any atom is 0.242 e. The van der Waals surface area contributed by atoms with Crippen LogP contribution in [0.3, 0.4) is 0 Å². The molecule has 0 bridgehead atoms. The molecule has 126 valence electrons. The molecule has 0 radical (unpaired) electrons. The largest absolute Gasteiger partial charge is 0.354 e. The summed E-state index contributed by atoms with van der Waals surface area (Å²) >= 11 is 1.71. The highest BCUT2D eigenvalue weighted by molar-refractivity contribution is 7.11. The minimum Gasteiger partial charge on any atom is -0.354 e. The molecule has 1 saturated heterocycles. The number of carbonyl (C=O) groups is 2. The highest BCUT2D eigenvalue weighted by atomic mass is 32.1. The highest BCUT2D eigenvalue weighted by Gasteiger charge is 2.40. The van der Waals surface area contributed by atoms with Crippen LogP contribution in [0, 0.1) is 12.8 Å². The Bertz CT molecular complexity index is 595. The second kappa shape index (κ2) is 6.99. The smallest absolute Gasteiger partial charge is 0.242 e. The van der Waals surface area contributed by atoms with Gasteiger partial charge in [-0.25, -0.2) is 4.98 Å². The van der Waals surface area contributed by atoms with Gasteiger partial charge in [-0.3, -0.25) is 9.59 Å². The van der Waals surface area contributed by atoms with Gasteiger partial charge in [-0.15, -0.1) is 11.3 Å². The second-order valence-electron chi connectivity index (χ2n) is 6.47. The van der Waals surface area contributed by atoms with E-state index < -0.39 is 0 Å². The zero-order valence-electron chi connectivity index (χ0n) is 13.9. The Morgan fingerprint density at radius 1 is 1.35 bits per heavy atom. The summed E-state index contributed by atoms with van der Waals surface area (Å²) in [5.74, 6) is 0.375. The van der Waals surface area contributed by atoms with E-state index in [1.165, 1.54) is 4.88 Å². The van der Waals surface area contributed by atoms with Crippen molar-refractivity contribution in [3.63, 3.8) is 0 Å². The van der Waals surface area contributed by atoms with Crippen LogP contribution in [-0.4, -0.2) is 40.8 Å². The van der Waals surface area contributed by atoms with E-state index in [0.29, 0.717) is 6.54 Å². The fraction of sp³-hybridized carbons (Fsp3) is 0.706. The molecule has 1 atom stereocenters. The summed E-state index contributed by atoms with van der Waals surface area (Å²) in [4.78, 5) is 32.3. The SMILES string of the molecule is CCc1nc(CCNC(=O)C2CCCN2C(=O)C2CC2)sc1C. The van der Waals surface area contributed by atoms with Gasteiger partial charge in [0.1, 0.15) is 6.04 Å². The van der Waals surface area contributed by atoms with Crippen molar-refractivity contribution in [2.45, 2.75) is 58.4 Å².